The first kappa shape index (κ1) is 16.7. The van der Waals surface area contributed by atoms with E-state index in [4.69, 9.17) is 9.15 Å². The molecule has 0 saturated heterocycles. The van der Waals surface area contributed by atoms with Crippen molar-refractivity contribution in [1.29, 1.82) is 0 Å². The summed E-state index contributed by atoms with van der Waals surface area (Å²) >= 11 is 0. The molecule has 0 aliphatic carbocycles. The molecule has 128 valence electrons. The highest BCUT2D eigenvalue weighted by Gasteiger charge is 2.12. The highest BCUT2D eigenvalue weighted by molar-refractivity contribution is 5.82. The van der Waals surface area contributed by atoms with Crippen LogP contribution in [0, 0.1) is 0 Å². The zero-order valence-electron chi connectivity index (χ0n) is 13.9. The van der Waals surface area contributed by atoms with Gasteiger partial charge in [-0.2, -0.15) is 0 Å². The van der Waals surface area contributed by atoms with Crippen molar-refractivity contribution >= 4 is 11.9 Å². The molecule has 0 aliphatic heterocycles. The van der Waals surface area contributed by atoms with Gasteiger partial charge in [0.05, 0.1) is 24.7 Å². The van der Waals surface area contributed by atoms with Crippen LogP contribution in [0.25, 0.3) is 11.5 Å². The lowest BCUT2D eigenvalue weighted by Crippen LogP contribution is -1.95. The van der Waals surface area contributed by atoms with Crippen LogP contribution in [0.2, 0.25) is 0 Å². The molecule has 1 N–H and O–H groups in total. The molecule has 0 radical (unpaired) electrons. The smallest absolute Gasteiger partial charge is 0.312 e. The van der Waals surface area contributed by atoms with Gasteiger partial charge in [-0.25, -0.2) is 4.98 Å². The zero-order chi connectivity index (χ0) is 17.5. The van der Waals surface area contributed by atoms with Crippen molar-refractivity contribution in [1.82, 2.24) is 9.97 Å². The average Bonchev–Trinajstić information content (AvgIpc) is 3.02. The third kappa shape index (κ3) is 4.44. The van der Waals surface area contributed by atoms with Gasteiger partial charge < -0.3 is 14.3 Å². The Bertz CT molecular complexity index is 827. The Morgan fingerprint density at radius 2 is 2.08 bits per heavy atom. The molecule has 6 heteroatoms. The molecule has 0 atom stereocenters. The van der Waals surface area contributed by atoms with Crippen molar-refractivity contribution in [3.63, 3.8) is 0 Å². The largest absolute Gasteiger partial charge is 0.494 e. The molecule has 6 nitrogen and oxygen atoms in total. The van der Waals surface area contributed by atoms with Gasteiger partial charge in [-0.05, 0) is 42.8 Å². The molecule has 0 fully saturated rings. The molecule has 3 rings (SSSR count). The molecule has 0 aliphatic rings. The van der Waals surface area contributed by atoms with E-state index in [1.165, 1.54) is 6.21 Å². The fourth-order valence-corrected chi connectivity index (χ4v) is 2.13. The Kier molecular flexibility index (Phi) is 5.41. The van der Waals surface area contributed by atoms with Gasteiger partial charge in [0.2, 0.25) is 5.89 Å². The number of aromatic hydroxyl groups is 1. The van der Waals surface area contributed by atoms with Gasteiger partial charge in [-0.3, -0.25) is 9.98 Å². The van der Waals surface area contributed by atoms with Gasteiger partial charge in [-0.1, -0.05) is 13.3 Å². The minimum absolute atomic E-state index is 0.266. The molecule has 0 unspecified atom stereocenters. The first-order chi connectivity index (χ1) is 12.3. The molecule has 0 bridgehead atoms. The van der Waals surface area contributed by atoms with Crippen LogP contribution in [0.5, 0.6) is 11.7 Å². The Morgan fingerprint density at radius 3 is 2.80 bits per heavy atom. The number of unbranched alkanes of at least 4 members (excludes halogenated alkanes) is 1. The van der Waals surface area contributed by atoms with E-state index in [1.54, 1.807) is 24.5 Å². The Labute approximate surface area is 145 Å². The summed E-state index contributed by atoms with van der Waals surface area (Å²) < 4.78 is 11.0. The van der Waals surface area contributed by atoms with E-state index in [0.29, 0.717) is 18.2 Å². The molecule has 0 spiro atoms. The first-order valence-corrected chi connectivity index (χ1v) is 8.13. The summed E-state index contributed by atoms with van der Waals surface area (Å²) in [6.45, 7) is 2.82. The van der Waals surface area contributed by atoms with E-state index in [9.17, 15) is 5.11 Å². The van der Waals surface area contributed by atoms with E-state index in [-0.39, 0.29) is 11.6 Å². The number of benzene rings is 1. The lowest BCUT2D eigenvalue weighted by molar-refractivity contribution is 0.309. The number of hydrogen-bond acceptors (Lipinski definition) is 6. The second kappa shape index (κ2) is 8.10. The van der Waals surface area contributed by atoms with Gasteiger partial charge in [-0.15, -0.1) is 0 Å². The average molecular weight is 337 g/mol. The summed E-state index contributed by atoms with van der Waals surface area (Å²) in [4.78, 5) is 12.5. The van der Waals surface area contributed by atoms with E-state index in [2.05, 4.69) is 21.9 Å². The quantitative estimate of drug-likeness (QED) is 0.511. The standard InChI is InChI=1S/C19H19N3O3/c1-2-3-11-24-16-8-6-14(7-9-16)18-22-17(19(23)25-18)13-21-15-5-4-10-20-12-15/h4-10,12-13,23H,2-3,11H2,1H3. The molecule has 2 heterocycles. The molecular formula is C19H19N3O3. The van der Waals surface area contributed by atoms with Crippen LogP contribution in [0.4, 0.5) is 5.69 Å². The maximum Gasteiger partial charge on any atom is 0.312 e. The fraction of sp³-hybridized carbons (Fsp3) is 0.211. The summed E-state index contributed by atoms with van der Waals surface area (Å²) in [7, 11) is 0. The normalized spacial score (nSPS) is 11.1. The van der Waals surface area contributed by atoms with Gasteiger partial charge >= 0.3 is 5.95 Å². The Balaban J connectivity index is 1.72. The van der Waals surface area contributed by atoms with E-state index in [1.807, 2.05) is 24.3 Å². The number of aromatic nitrogens is 2. The van der Waals surface area contributed by atoms with Crippen molar-refractivity contribution in [3.05, 3.63) is 54.5 Å². The summed E-state index contributed by atoms with van der Waals surface area (Å²) in [5.74, 6) is 0.850. The Morgan fingerprint density at radius 1 is 1.24 bits per heavy atom. The van der Waals surface area contributed by atoms with Gasteiger partial charge in [0.25, 0.3) is 0 Å². The van der Waals surface area contributed by atoms with E-state index < -0.39 is 0 Å². The lowest BCUT2D eigenvalue weighted by Gasteiger charge is -2.05. The van der Waals surface area contributed by atoms with Crippen molar-refractivity contribution in [2.24, 2.45) is 4.99 Å². The monoisotopic (exact) mass is 337 g/mol. The molecule has 0 amide bonds. The Hall–Kier alpha value is -3.15. The number of aliphatic imine (C=N–C) groups is 1. The minimum Gasteiger partial charge on any atom is -0.494 e. The third-order valence-corrected chi connectivity index (χ3v) is 3.48. The van der Waals surface area contributed by atoms with Crippen LogP contribution in [-0.2, 0) is 0 Å². The van der Waals surface area contributed by atoms with Crippen molar-refractivity contribution in [2.75, 3.05) is 6.61 Å². The summed E-state index contributed by atoms with van der Waals surface area (Å²) in [5.41, 5.74) is 1.68. The minimum atomic E-state index is -0.272. The molecule has 2 aromatic heterocycles. The van der Waals surface area contributed by atoms with Crippen LogP contribution < -0.4 is 4.74 Å². The topological polar surface area (TPSA) is 80.7 Å². The van der Waals surface area contributed by atoms with Crippen molar-refractivity contribution in [2.45, 2.75) is 19.8 Å². The number of pyridine rings is 1. The number of rotatable bonds is 7. The molecule has 0 saturated carbocycles. The molecular weight excluding hydrogens is 318 g/mol. The number of ether oxygens (including phenoxy) is 1. The van der Waals surface area contributed by atoms with Crippen LogP contribution in [0.3, 0.4) is 0 Å². The number of oxazole rings is 1. The highest BCUT2D eigenvalue weighted by Crippen LogP contribution is 2.27. The second-order valence-corrected chi connectivity index (χ2v) is 5.41. The van der Waals surface area contributed by atoms with Gasteiger partial charge in [0.15, 0.2) is 5.69 Å². The zero-order valence-corrected chi connectivity index (χ0v) is 13.9. The molecule has 1 aromatic carbocycles. The predicted octanol–water partition coefficient (Wildman–Crippen LogP) is 4.37. The summed E-state index contributed by atoms with van der Waals surface area (Å²) in [6, 6.07) is 11.0. The first-order valence-electron chi connectivity index (χ1n) is 8.13. The van der Waals surface area contributed by atoms with Gasteiger partial charge in [0.1, 0.15) is 5.75 Å². The number of nitrogens with zero attached hydrogens (tertiary/aromatic N) is 3. The summed E-state index contributed by atoms with van der Waals surface area (Å²) in [5, 5.41) is 9.91. The van der Waals surface area contributed by atoms with Gasteiger partial charge in [0, 0.05) is 11.8 Å². The highest BCUT2D eigenvalue weighted by atomic mass is 16.5. The molecule has 3 aromatic rings. The molecule has 25 heavy (non-hydrogen) atoms. The van der Waals surface area contributed by atoms with Crippen molar-refractivity contribution in [3.8, 4) is 23.1 Å². The van der Waals surface area contributed by atoms with Crippen molar-refractivity contribution < 1.29 is 14.3 Å². The third-order valence-electron chi connectivity index (χ3n) is 3.48. The van der Waals surface area contributed by atoms with Crippen LogP contribution in [0.15, 0.2) is 58.2 Å². The predicted molar refractivity (Wildman–Crippen MR) is 95.5 cm³/mol. The lowest BCUT2D eigenvalue weighted by atomic mass is 10.2. The fourth-order valence-electron chi connectivity index (χ4n) is 2.13. The summed E-state index contributed by atoms with van der Waals surface area (Å²) in [6.07, 6.45) is 6.85. The van der Waals surface area contributed by atoms with Crippen LogP contribution in [0.1, 0.15) is 25.5 Å². The second-order valence-electron chi connectivity index (χ2n) is 5.41. The maximum atomic E-state index is 9.91. The van der Waals surface area contributed by atoms with Crippen LogP contribution in [-0.4, -0.2) is 27.9 Å². The number of hydrogen-bond donors (Lipinski definition) is 1. The maximum absolute atomic E-state index is 9.91. The van der Waals surface area contributed by atoms with E-state index in [0.717, 1.165) is 24.2 Å². The van der Waals surface area contributed by atoms with Crippen LogP contribution >= 0.6 is 0 Å². The SMILES string of the molecule is CCCCOc1ccc(-c2nc(C=Nc3cccnc3)c(O)o2)cc1. The van der Waals surface area contributed by atoms with E-state index >= 15 is 0 Å².